The third-order valence-corrected chi connectivity index (χ3v) is 9.57. The van der Waals surface area contributed by atoms with Crippen LogP contribution in [0, 0.1) is 0 Å². The number of hydrogen-bond acceptors (Lipinski definition) is 7. The van der Waals surface area contributed by atoms with Crippen LogP contribution in [0.25, 0.3) is 0 Å². The van der Waals surface area contributed by atoms with E-state index >= 15 is 0 Å². The summed E-state index contributed by atoms with van der Waals surface area (Å²) in [5.41, 5.74) is 0. The van der Waals surface area contributed by atoms with Gasteiger partial charge in [0.2, 0.25) is 0 Å². The van der Waals surface area contributed by atoms with Crippen molar-refractivity contribution in [1.29, 1.82) is 0 Å². The molecule has 0 aliphatic carbocycles. The maximum atomic E-state index is 12.8. The number of quaternary nitrogens is 1. The molecule has 352 valence electrons. The molecule has 0 rings (SSSR count). The molecule has 0 fully saturated rings. The van der Waals surface area contributed by atoms with E-state index in [2.05, 4.69) is 111 Å². The normalized spacial score (nSPS) is 13.8. The number of hydrogen-bond donors (Lipinski definition) is 1. The second-order valence-electron chi connectivity index (χ2n) is 16.7. The molecular formula is C53H88NO8+. The van der Waals surface area contributed by atoms with Crippen LogP contribution >= 0.6 is 0 Å². The van der Waals surface area contributed by atoms with Gasteiger partial charge in [0, 0.05) is 12.8 Å². The first-order valence-electron chi connectivity index (χ1n) is 23.9. The molecule has 0 aliphatic rings. The lowest BCUT2D eigenvalue weighted by molar-refractivity contribution is -0.870. The average molecular weight is 867 g/mol. The lowest BCUT2D eigenvalue weighted by Crippen LogP contribution is -2.40. The van der Waals surface area contributed by atoms with Gasteiger partial charge in [-0.15, -0.1) is 0 Å². The molecule has 0 spiro atoms. The molecule has 9 heteroatoms. The van der Waals surface area contributed by atoms with Gasteiger partial charge in [0.1, 0.15) is 13.2 Å². The molecule has 0 radical (unpaired) electrons. The highest BCUT2D eigenvalue weighted by molar-refractivity contribution is 5.71. The second kappa shape index (κ2) is 43.8. The monoisotopic (exact) mass is 867 g/mol. The van der Waals surface area contributed by atoms with Crippen LogP contribution in [0.5, 0.6) is 0 Å². The Hall–Kier alpha value is -3.79. The van der Waals surface area contributed by atoms with E-state index in [0.717, 1.165) is 83.5 Å². The Morgan fingerprint density at radius 2 is 0.935 bits per heavy atom. The van der Waals surface area contributed by atoms with Crippen LogP contribution in [0.3, 0.4) is 0 Å². The number of carboxylic acid groups (broad SMARTS) is 1. The maximum Gasteiger partial charge on any atom is 0.361 e. The van der Waals surface area contributed by atoms with Crippen LogP contribution in [-0.2, 0) is 33.3 Å². The molecule has 2 atom stereocenters. The van der Waals surface area contributed by atoms with Gasteiger partial charge in [-0.2, -0.15) is 0 Å². The Balaban J connectivity index is 4.54. The van der Waals surface area contributed by atoms with E-state index < -0.39 is 24.3 Å². The van der Waals surface area contributed by atoms with Crippen molar-refractivity contribution in [3.05, 3.63) is 97.2 Å². The lowest BCUT2D eigenvalue weighted by atomic mass is 10.1. The van der Waals surface area contributed by atoms with Gasteiger partial charge in [-0.05, 0) is 89.9 Å². The first-order chi connectivity index (χ1) is 30.1. The van der Waals surface area contributed by atoms with Crippen molar-refractivity contribution in [2.45, 2.75) is 174 Å². The molecule has 0 saturated heterocycles. The number of rotatable bonds is 42. The number of allylic oxidation sites excluding steroid dienone is 16. The minimum Gasteiger partial charge on any atom is -0.477 e. The van der Waals surface area contributed by atoms with E-state index in [-0.39, 0.29) is 38.6 Å². The summed E-state index contributed by atoms with van der Waals surface area (Å²) < 4.78 is 22.7. The van der Waals surface area contributed by atoms with E-state index in [0.29, 0.717) is 23.9 Å². The van der Waals surface area contributed by atoms with E-state index in [1.54, 1.807) is 0 Å². The van der Waals surface area contributed by atoms with Crippen molar-refractivity contribution >= 4 is 17.9 Å². The summed E-state index contributed by atoms with van der Waals surface area (Å²) in [4.78, 5) is 37.1. The molecule has 62 heavy (non-hydrogen) atoms. The summed E-state index contributed by atoms with van der Waals surface area (Å²) in [6.45, 7) is 4.64. The predicted molar refractivity (Wildman–Crippen MR) is 258 cm³/mol. The highest BCUT2D eigenvalue weighted by Crippen LogP contribution is 2.12. The van der Waals surface area contributed by atoms with Crippen LogP contribution < -0.4 is 0 Å². The van der Waals surface area contributed by atoms with Gasteiger partial charge in [0.25, 0.3) is 6.29 Å². The summed E-state index contributed by atoms with van der Waals surface area (Å²) in [6, 6.07) is 0. The lowest BCUT2D eigenvalue weighted by Gasteiger charge is -2.25. The van der Waals surface area contributed by atoms with Gasteiger partial charge in [0.15, 0.2) is 6.10 Å². The van der Waals surface area contributed by atoms with Crippen LogP contribution in [0.4, 0.5) is 0 Å². The number of esters is 2. The van der Waals surface area contributed by atoms with Crippen LogP contribution in [-0.4, -0.2) is 87.4 Å². The molecule has 0 bridgehead atoms. The Bertz CT molecular complexity index is 1330. The summed E-state index contributed by atoms with van der Waals surface area (Å²) >= 11 is 0. The second-order valence-corrected chi connectivity index (χ2v) is 16.7. The van der Waals surface area contributed by atoms with Crippen LogP contribution in [0.2, 0.25) is 0 Å². The SMILES string of the molecule is CC/C=C\C/C=C\C/C=C\C/C=C\C/C=C\C/C=C\C/C=C\CCCC(=O)OC(COC(=O)CCCCCCC/C=C\CCCCCCC)COC(OCC[N+](C)(C)C)C(=O)O. The fourth-order valence-corrected chi connectivity index (χ4v) is 5.88. The smallest absolute Gasteiger partial charge is 0.361 e. The number of carbonyl (C=O) groups excluding carboxylic acids is 2. The van der Waals surface area contributed by atoms with E-state index in [1.165, 1.54) is 38.5 Å². The Morgan fingerprint density at radius 1 is 0.500 bits per heavy atom. The Labute approximate surface area is 378 Å². The fraction of sp³-hybridized carbons (Fsp3) is 0.642. The van der Waals surface area contributed by atoms with Crippen LogP contribution in [0.1, 0.15) is 162 Å². The molecule has 0 aliphatic heterocycles. The number of carbonyl (C=O) groups is 3. The number of likely N-dealkylation sites (N-methyl/N-ethyl adjacent to an activating group) is 1. The van der Waals surface area contributed by atoms with Crippen molar-refractivity contribution in [1.82, 2.24) is 0 Å². The Kier molecular flexibility index (Phi) is 41.2. The molecule has 0 aromatic rings. The Morgan fingerprint density at radius 3 is 1.44 bits per heavy atom. The molecular weight excluding hydrogens is 779 g/mol. The number of ether oxygens (including phenoxy) is 4. The van der Waals surface area contributed by atoms with Gasteiger partial charge >= 0.3 is 17.9 Å². The molecule has 1 N–H and O–H groups in total. The molecule has 2 unspecified atom stereocenters. The first-order valence-corrected chi connectivity index (χ1v) is 23.9. The van der Waals surface area contributed by atoms with Crippen molar-refractivity contribution in [3.8, 4) is 0 Å². The largest absolute Gasteiger partial charge is 0.477 e. The van der Waals surface area contributed by atoms with Gasteiger partial charge in [-0.3, -0.25) is 9.59 Å². The molecule has 0 aromatic heterocycles. The van der Waals surface area contributed by atoms with Crippen molar-refractivity contribution < 1.29 is 42.9 Å². The third kappa shape index (κ3) is 44.3. The molecule has 9 nitrogen and oxygen atoms in total. The number of carboxylic acids is 1. The molecule has 0 amide bonds. The quantitative estimate of drug-likeness (QED) is 0.0212. The van der Waals surface area contributed by atoms with Gasteiger partial charge in [0.05, 0.1) is 34.4 Å². The van der Waals surface area contributed by atoms with Crippen LogP contribution in [0.15, 0.2) is 97.2 Å². The zero-order valence-corrected chi connectivity index (χ0v) is 39.7. The number of aliphatic carboxylic acids is 1. The highest BCUT2D eigenvalue weighted by atomic mass is 16.7. The molecule has 0 aromatic carbocycles. The average Bonchev–Trinajstić information content (AvgIpc) is 3.23. The summed E-state index contributed by atoms with van der Waals surface area (Å²) in [6.07, 6.45) is 54.8. The first kappa shape index (κ1) is 58.2. The van der Waals surface area contributed by atoms with Crippen molar-refractivity contribution in [3.63, 3.8) is 0 Å². The van der Waals surface area contributed by atoms with Crippen molar-refractivity contribution in [2.75, 3.05) is 47.5 Å². The molecule has 0 saturated carbocycles. The van der Waals surface area contributed by atoms with E-state index in [9.17, 15) is 19.5 Å². The van der Waals surface area contributed by atoms with Gasteiger partial charge in [-0.25, -0.2) is 4.79 Å². The minimum atomic E-state index is -1.53. The standard InChI is InChI=1S/C53H87NO8/c1-6-8-10-12-14-16-18-20-22-23-24-25-26-27-28-29-30-32-34-36-38-40-42-44-51(56)62-49(48-61-53(52(57)58)59-46-45-54(3,4)5)47-60-50(55)43-41-39-37-35-33-31-21-19-17-15-13-11-9-7-2/h8,10,14,16,19-22,24-25,27-28,30,32,36,38,49,53H,6-7,9,11-13,15,17-18,23,26,29,31,33-35,37,39-48H2,1-5H3/p+1/b10-8-,16-14-,21-19-,22-20-,25-24-,28-27-,32-30-,38-36-. The molecule has 0 heterocycles. The summed E-state index contributed by atoms with van der Waals surface area (Å²) in [5.74, 6) is -2.11. The maximum absolute atomic E-state index is 12.8. The van der Waals surface area contributed by atoms with E-state index in [1.807, 2.05) is 21.1 Å². The summed E-state index contributed by atoms with van der Waals surface area (Å²) in [5, 5.41) is 9.64. The van der Waals surface area contributed by atoms with Gasteiger partial charge < -0.3 is 28.5 Å². The number of nitrogens with zero attached hydrogens (tertiary/aromatic N) is 1. The topological polar surface area (TPSA) is 108 Å². The number of unbranched alkanes of at least 4 members (excludes halogenated alkanes) is 11. The zero-order valence-electron chi connectivity index (χ0n) is 39.7. The summed E-state index contributed by atoms with van der Waals surface area (Å²) in [7, 11) is 5.92. The third-order valence-electron chi connectivity index (χ3n) is 9.57. The van der Waals surface area contributed by atoms with Gasteiger partial charge in [-0.1, -0.05) is 156 Å². The van der Waals surface area contributed by atoms with E-state index in [4.69, 9.17) is 18.9 Å². The minimum absolute atomic E-state index is 0.170. The highest BCUT2D eigenvalue weighted by Gasteiger charge is 2.25. The predicted octanol–water partition coefficient (Wildman–Crippen LogP) is 13.1. The zero-order chi connectivity index (χ0) is 45.6. The fourth-order valence-electron chi connectivity index (χ4n) is 5.88. The van der Waals surface area contributed by atoms with Crippen molar-refractivity contribution in [2.24, 2.45) is 0 Å².